The maximum atomic E-state index is 13.4. The van der Waals surface area contributed by atoms with Crippen molar-refractivity contribution in [2.24, 2.45) is 5.10 Å². The Balaban J connectivity index is 1.91. The number of amides is 1. The summed E-state index contributed by atoms with van der Waals surface area (Å²) >= 11 is 5.82. The first kappa shape index (κ1) is 14.9. The maximum absolute atomic E-state index is 13.4. The first-order valence-corrected chi connectivity index (χ1v) is 6.42. The topological polar surface area (TPSA) is 59.9 Å². The zero-order valence-corrected chi connectivity index (χ0v) is 11.6. The summed E-state index contributed by atoms with van der Waals surface area (Å²) in [6.07, 6.45) is 1.17. The molecule has 1 saturated heterocycles. The van der Waals surface area contributed by atoms with E-state index in [1.54, 1.807) is 6.92 Å². The molecule has 1 aromatic carbocycles. The van der Waals surface area contributed by atoms with Crippen molar-refractivity contribution in [2.75, 3.05) is 13.2 Å². The standard InChI is InChI=1S/C13H14ClFN2O3/c1-13(19-5-6-20-13)7-12(18)17-16-8-9-10(14)3-2-4-11(9)15/h2-4,8H,5-7H2,1H3,(H,17,18)/b16-8+. The van der Waals surface area contributed by atoms with E-state index in [-0.39, 0.29) is 17.0 Å². The van der Waals surface area contributed by atoms with E-state index in [1.807, 2.05) is 0 Å². The van der Waals surface area contributed by atoms with E-state index < -0.39 is 17.5 Å². The largest absolute Gasteiger partial charge is 0.347 e. The van der Waals surface area contributed by atoms with Crippen molar-refractivity contribution in [3.05, 3.63) is 34.6 Å². The molecule has 1 amide bonds. The molecule has 0 atom stereocenters. The molecular formula is C13H14ClFN2O3. The maximum Gasteiger partial charge on any atom is 0.245 e. The fourth-order valence-electron chi connectivity index (χ4n) is 1.79. The molecule has 1 fully saturated rings. The van der Waals surface area contributed by atoms with Crippen LogP contribution >= 0.6 is 11.6 Å². The van der Waals surface area contributed by atoms with E-state index >= 15 is 0 Å². The van der Waals surface area contributed by atoms with Gasteiger partial charge in [-0.25, -0.2) is 9.82 Å². The molecule has 0 aromatic heterocycles. The van der Waals surface area contributed by atoms with Gasteiger partial charge in [-0.05, 0) is 19.1 Å². The fourth-order valence-corrected chi connectivity index (χ4v) is 2.00. The highest BCUT2D eigenvalue weighted by molar-refractivity contribution is 6.33. The Morgan fingerprint density at radius 3 is 2.90 bits per heavy atom. The van der Waals surface area contributed by atoms with Crippen LogP contribution in [-0.4, -0.2) is 31.1 Å². The Labute approximate surface area is 120 Å². The molecule has 2 rings (SSSR count). The number of hydrogen-bond donors (Lipinski definition) is 1. The molecule has 7 heteroatoms. The van der Waals surface area contributed by atoms with E-state index in [9.17, 15) is 9.18 Å². The number of hydrogen-bond acceptors (Lipinski definition) is 4. The van der Waals surface area contributed by atoms with Crippen LogP contribution in [0.4, 0.5) is 4.39 Å². The number of nitrogens with one attached hydrogen (secondary N) is 1. The average molecular weight is 301 g/mol. The lowest BCUT2D eigenvalue weighted by atomic mass is 10.2. The van der Waals surface area contributed by atoms with Crippen LogP contribution in [0, 0.1) is 5.82 Å². The van der Waals surface area contributed by atoms with Gasteiger partial charge in [0.25, 0.3) is 0 Å². The van der Waals surface area contributed by atoms with Crippen molar-refractivity contribution in [2.45, 2.75) is 19.1 Å². The monoisotopic (exact) mass is 300 g/mol. The van der Waals surface area contributed by atoms with Gasteiger partial charge in [0.15, 0.2) is 5.79 Å². The van der Waals surface area contributed by atoms with E-state index in [0.29, 0.717) is 13.2 Å². The molecule has 0 bridgehead atoms. The van der Waals surface area contributed by atoms with Crippen molar-refractivity contribution < 1.29 is 18.7 Å². The fraction of sp³-hybridized carbons (Fsp3) is 0.385. The number of nitrogens with zero attached hydrogens (tertiary/aromatic N) is 1. The molecule has 1 heterocycles. The average Bonchev–Trinajstić information content (AvgIpc) is 2.79. The van der Waals surface area contributed by atoms with Gasteiger partial charge in [-0.1, -0.05) is 17.7 Å². The van der Waals surface area contributed by atoms with Gasteiger partial charge in [-0.2, -0.15) is 5.10 Å². The number of rotatable bonds is 4. The van der Waals surface area contributed by atoms with Gasteiger partial charge in [0.2, 0.25) is 5.91 Å². The molecule has 1 aliphatic rings. The Morgan fingerprint density at radius 2 is 2.25 bits per heavy atom. The summed E-state index contributed by atoms with van der Waals surface area (Å²) in [6.45, 7) is 2.59. The molecule has 108 valence electrons. The van der Waals surface area contributed by atoms with Gasteiger partial charge in [0.1, 0.15) is 5.82 Å². The summed E-state index contributed by atoms with van der Waals surface area (Å²) in [5.41, 5.74) is 2.40. The van der Waals surface area contributed by atoms with Gasteiger partial charge < -0.3 is 9.47 Å². The summed E-state index contributed by atoms with van der Waals surface area (Å²) in [5.74, 6) is -1.82. The van der Waals surface area contributed by atoms with Crippen LogP contribution in [0.25, 0.3) is 0 Å². The summed E-state index contributed by atoms with van der Waals surface area (Å²) in [7, 11) is 0. The third-order valence-corrected chi connectivity index (χ3v) is 3.09. The highest BCUT2D eigenvalue weighted by Gasteiger charge is 2.33. The second kappa shape index (κ2) is 6.30. The van der Waals surface area contributed by atoms with Crippen LogP contribution < -0.4 is 5.43 Å². The van der Waals surface area contributed by atoms with Crippen LogP contribution in [0.15, 0.2) is 23.3 Å². The summed E-state index contributed by atoms with van der Waals surface area (Å²) in [6, 6.07) is 4.29. The lowest BCUT2D eigenvalue weighted by Gasteiger charge is -2.20. The van der Waals surface area contributed by atoms with E-state index in [2.05, 4.69) is 10.5 Å². The smallest absolute Gasteiger partial charge is 0.245 e. The number of carbonyl (C=O) groups excluding carboxylic acids is 1. The summed E-state index contributed by atoms with van der Waals surface area (Å²) in [4.78, 5) is 11.7. The second-order valence-electron chi connectivity index (χ2n) is 4.44. The molecule has 0 saturated carbocycles. The van der Waals surface area contributed by atoms with Crippen LogP contribution in [0.1, 0.15) is 18.9 Å². The zero-order valence-electron chi connectivity index (χ0n) is 10.9. The van der Waals surface area contributed by atoms with Gasteiger partial charge in [-0.15, -0.1) is 0 Å². The SMILES string of the molecule is CC1(CC(=O)N/N=C/c2c(F)cccc2Cl)OCCO1. The number of carbonyl (C=O) groups is 1. The Kier molecular flexibility index (Phi) is 4.69. The van der Waals surface area contributed by atoms with Crippen molar-refractivity contribution in [3.8, 4) is 0 Å². The summed E-state index contributed by atoms with van der Waals surface area (Å²) < 4.78 is 24.0. The van der Waals surface area contributed by atoms with Gasteiger partial charge in [0, 0.05) is 5.56 Å². The Hall–Kier alpha value is -1.50. The summed E-state index contributed by atoms with van der Waals surface area (Å²) in [5, 5.41) is 3.90. The first-order chi connectivity index (χ1) is 9.50. The predicted molar refractivity (Wildman–Crippen MR) is 72.1 cm³/mol. The quantitative estimate of drug-likeness (QED) is 0.684. The molecule has 1 aromatic rings. The van der Waals surface area contributed by atoms with Crippen molar-refractivity contribution >= 4 is 23.7 Å². The number of hydrazone groups is 1. The predicted octanol–water partition coefficient (Wildman–Crippen LogP) is 2.08. The first-order valence-electron chi connectivity index (χ1n) is 6.04. The normalized spacial score (nSPS) is 17.6. The van der Waals surface area contributed by atoms with E-state index in [1.165, 1.54) is 18.2 Å². The van der Waals surface area contributed by atoms with Crippen LogP contribution in [-0.2, 0) is 14.3 Å². The van der Waals surface area contributed by atoms with Gasteiger partial charge in [-0.3, -0.25) is 4.79 Å². The highest BCUT2D eigenvalue weighted by atomic mass is 35.5. The van der Waals surface area contributed by atoms with E-state index in [0.717, 1.165) is 6.21 Å². The molecule has 20 heavy (non-hydrogen) atoms. The van der Waals surface area contributed by atoms with Crippen LogP contribution in [0.3, 0.4) is 0 Å². The number of halogens is 2. The molecule has 0 radical (unpaired) electrons. The van der Waals surface area contributed by atoms with Gasteiger partial charge >= 0.3 is 0 Å². The Morgan fingerprint density at radius 1 is 1.55 bits per heavy atom. The molecule has 5 nitrogen and oxygen atoms in total. The van der Waals surface area contributed by atoms with Crippen molar-refractivity contribution in [1.82, 2.24) is 5.43 Å². The van der Waals surface area contributed by atoms with E-state index in [4.69, 9.17) is 21.1 Å². The van der Waals surface area contributed by atoms with Gasteiger partial charge in [0.05, 0.1) is 30.9 Å². The molecule has 0 aliphatic carbocycles. The third kappa shape index (κ3) is 3.75. The minimum absolute atomic E-state index is 0.00927. The zero-order chi connectivity index (χ0) is 14.6. The Bertz CT molecular complexity index is 510. The molecule has 0 spiro atoms. The molecular weight excluding hydrogens is 287 g/mol. The minimum Gasteiger partial charge on any atom is -0.347 e. The highest BCUT2D eigenvalue weighted by Crippen LogP contribution is 2.22. The van der Waals surface area contributed by atoms with Crippen molar-refractivity contribution in [1.29, 1.82) is 0 Å². The number of benzene rings is 1. The molecule has 1 N–H and O–H groups in total. The number of ether oxygens (including phenoxy) is 2. The second-order valence-corrected chi connectivity index (χ2v) is 4.84. The van der Waals surface area contributed by atoms with Crippen LogP contribution in [0.5, 0.6) is 0 Å². The third-order valence-electron chi connectivity index (χ3n) is 2.76. The lowest BCUT2D eigenvalue weighted by molar-refractivity contribution is -0.159. The molecule has 1 aliphatic heterocycles. The van der Waals surface area contributed by atoms with Crippen molar-refractivity contribution in [3.63, 3.8) is 0 Å². The van der Waals surface area contributed by atoms with Crippen LogP contribution in [0.2, 0.25) is 5.02 Å². The minimum atomic E-state index is -0.921. The lowest BCUT2D eigenvalue weighted by Crippen LogP contribution is -2.33. The molecule has 0 unspecified atom stereocenters.